The normalized spacial score (nSPS) is 10.0. The average molecular weight is 298 g/mol. The lowest BCUT2D eigenvalue weighted by Gasteiger charge is -2.06. The summed E-state index contributed by atoms with van der Waals surface area (Å²) in [7, 11) is 4.02. The highest BCUT2D eigenvalue weighted by Crippen LogP contribution is 2.10. The first-order chi connectivity index (χ1) is 10.0. The molecule has 0 bridgehead atoms. The second kappa shape index (κ2) is 7.98. The number of methoxy groups -OCH3 is 2. The lowest BCUT2D eigenvalue weighted by atomic mass is 10.2. The molecular formula is C12H18N4O5. The second-order valence-electron chi connectivity index (χ2n) is 4.13. The molecule has 0 saturated heterocycles. The summed E-state index contributed by atoms with van der Waals surface area (Å²) in [5, 5.41) is 10.1. The van der Waals surface area contributed by atoms with Crippen molar-refractivity contribution in [3.05, 3.63) is 11.4 Å². The van der Waals surface area contributed by atoms with Crippen LogP contribution in [0.3, 0.4) is 0 Å². The molecule has 1 aromatic rings. The predicted octanol–water partition coefficient (Wildman–Crippen LogP) is -0.694. The summed E-state index contributed by atoms with van der Waals surface area (Å²) in [6.45, 7) is 0.351. The molecule has 0 saturated carbocycles. The van der Waals surface area contributed by atoms with Gasteiger partial charge in [0.2, 0.25) is 5.91 Å². The molecule has 9 heteroatoms. The topological polar surface area (TPSA) is 112 Å². The Bertz CT molecular complexity index is 526. The zero-order chi connectivity index (χ0) is 15.8. The van der Waals surface area contributed by atoms with Gasteiger partial charge in [0.05, 0.1) is 26.3 Å². The minimum atomic E-state index is -0.675. The van der Waals surface area contributed by atoms with Gasteiger partial charge < -0.3 is 14.8 Å². The smallest absolute Gasteiger partial charge is 0.360 e. The number of rotatable bonds is 7. The van der Waals surface area contributed by atoms with E-state index in [2.05, 4.69) is 25.1 Å². The van der Waals surface area contributed by atoms with Gasteiger partial charge in [0.1, 0.15) is 0 Å². The van der Waals surface area contributed by atoms with Crippen LogP contribution in [0, 0.1) is 0 Å². The molecule has 0 aliphatic carbocycles. The van der Waals surface area contributed by atoms with Gasteiger partial charge in [0.15, 0.2) is 5.69 Å². The van der Waals surface area contributed by atoms with E-state index >= 15 is 0 Å². The maximum Gasteiger partial charge on any atom is 0.360 e. The van der Waals surface area contributed by atoms with E-state index in [1.807, 2.05) is 0 Å². The first-order valence-electron chi connectivity index (χ1n) is 6.31. The van der Waals surface area contributed by atoms with Gasteiger partial charge in [-0.1, -0.05) is 5.21 Å². The number of hydrogen-bond acceptors (Lipinski definition) is 7. The van der Waals surface area contributed by atoms with Gasteiger partial charge in [-0.25, -0.2) is 9.48 Å². The third kappa shape index (κ3) is 4.55. The Morgan fingerprint density at radius 2 is 1.95 bits per heavy atom. The number of amides is 1. The van der Waals surface area contributed by atoms with Crippen molar-refractivity contribution in [3.63, 3.8) is 0 Å². The van der Waals surface area contributed by atoms with Crippen molar-refractivity contribution in [1.29, 1.82) is 0 Å². The first-order valence-corrected chi connectivity index (χ1v) is 6.31. The van der Waals surface area contributed by atoms with Crippen molar-refractivity contribution in [3.8, 4) is 0 Å². The Morgan fingerprint density at radius 3 is 2.52 bits per heavy atom. The Kier molecular flexibility index (Phi) is 6.31. The predicted molar refractivity (Wildman–Crippen MR) is 70.4 cm³/mol. The number of aromatic nitrogens is 3. The molecule has 21 heavy (non-hydrogen) atoms. The van der Waals surface area contributed by atoms with Crippen LogP contribution in [0.4, 0.5) is 0 Å². The number of nitrogens with one attached hydrogen (secondary N) is 1. The van der Waals surface area contributed by atoms with E-state index < -0.39 is 11.9 Å². The fraction of sp³-hybridized carbons (Fsp3) is 0.583. The molecule has 0 atom stereocenters. The van der Waals surface area contributed by atoms with E-state index in [-0.39, 0.29) is 18.0 Å². The SMILES string of the molecule is CNC(=O)CCCn1nnc(C(=O)OC)c1CC(=O)OC. The zero-order valence-electron chi connectivity index (χ0n) is 12.2. The summed E-state index contributed by atoms with van der Waals surface area (Å²) in [6, 6.07) is 0. The van der Waals surface area contributed by atoms with Crippen LogP contribution in [0.5, 0.6) is 0 Å². The summed E-state index contributed by atoms with van der Waals surface area (Å²) in [5.74, 6) is -1.29. The Labute approximate surface area is 121 Å². The van der Waals surface area contributed by atoms with Gasteiger partial charge in [-0.05, 0) is 6.42 Å². The Morgan fingerprint density at radius 1 is 1.24 bits per heavy atom. The van der Waals surface area contributed by atoms with Crippen LogP contribution in [0.1, 0.15) is 29.0 Å². The number of carbonyl (C=O) groups is 3. The number of aryl methyl sites for hydroxylation is 1. The van der Waals surface area contributed by atoms with E-state index in [1.54, 1.807) is 7.05 Å². The van der Waals surface area contributed by atoms with Gasteiger partial charge in [-0.2, -0.15) is 0 Å². The lowest BCUT2D eigenvalue weighted by Crippen LogP contribution is -2.19. The lowest BCUT2D eigenvalue weighted by molar-refractivity contribution is -0.140. The molecule has 0 aliphatic rings. The Balaban J connectivity index is 2.87. The molecule has 1 heterocycles. The van der Waals surface area contributed by atoms with Crippen LogP contribution in [0.15, 0.2) is 0 Å². The molecule has 1 amide bonds. The molecule has 1 rings (SSSR count). The molecular weight excluding hydrogens is 280 g/mol. The molecule has 0 unspecified atom stereocenters. The van der Waals surface area contributed by atoms with Crippen molar-refractivity contribution < 1.29 is 23.9 Å². The number of hydrogen-bond donors (Lipinski definition) is 1. The van der Waals surface area contributed by atoms with Gasteiger partial charge in [0.25, 0.3) is 0 Å². The molecule has 0 spiro atoms. The largest absolute Gasteiger partial charge is 0.469 e. The molecule has 1 N–H and O–H groups in total. The summed E-state index contributed by atoms with van der Waals surface area (Å²) in [4.78, 5) is 34.2. The summed E-state index contributed by atoms with van der Waals surface area (Å²) < 4.78 is 10.6. The van der Waals surface area contributed by atoms with E-state index in [4.69, 9.17) is 0 Å². The highest BCUT2D eigenvalue weighted by atomic mass is 16.5. The van der Waals surface area contributed by atoms with E-state index in [0.29, 0.717) is 25.1 Å². The zero-order valence-corrected chi connectivity index (χ0v) is 12.2. The fourth-order valence-electron chi connectivity index (χ4n) is 1.67. The third-order valence-corrected chi connectivity index (χ3v) is 2.81. The quantitative estimate of drug-likeness (QED) is 0.663. The van der Waals surface area contributed by atoms with Crippen molar-refractivity contribution in [2.45, 2.75) is 25.8 Å². The number of carbonyl (C=O) groups excluding carboxylic acids is 3. The van der Waals surface area contributed by atoms with Crippen molar-refractivity contribution >= 4 is 17.8 Å². The number of ether oxygens (including phenoxy) is 2. The van der Waals surface area contributed by atoms with Crippen LogP contribution < -0.4 is 5.32 Å². The molecule has 116 valence electrons. The molecule has 0 aliphatic heterocycles. The monoisotopic (exact) mass is 298 g/mol. The van der Waals surface area contributed by atoms with E-state index in [9.17, 15) is 14.4 Å². The van der Waals surface area contributed by atoms with Gasteiger partial charge >= 0.3 is 11.9 Å². The fourth-order valence-corrected chi connectivity index (χ4v) is 1.67. The van der Waals surface area contributed by atoms with Crippen LogP contribution in [0.25, 0.3) is 0 Å². The molecule has 1 aromatic heterocycles. The minimum Gasteiger partial charge on any atom is -0.469 e. The molecule has 0 radical (unpaired) electrons. The molecule has 0 fully saturated rings. The van der Waals surface area contributed by atoms with Crippen LogP contribution in [-0.4, -0.2) is 54.1 Å². The minimum absolute atomic E-state index is 0.0251. The summed E-state index contributed by atoms with van der Waals surface area (Å²) in [6.07, 6.45) is 0.660. The molecule has 9 nitrogen and oxygen atoms in total. The van der Waals surface area contributed by atoms with Gasteiger partial charge in [0, 0.05) is 20.0 Å². The highest BCUT2D eigenvalue weighted by Gasteiger charge is 2.22. The van der Waals surface area contributed by atoms with Crippen LogP contribution in [-0.2, 0) is 32.0 Å². The average Bonchev–Trinajstić information content (AvgIpc) is 2.88. The van der Waals surface area contributed by atoms with Crippen molar-refractivity contribution in [1.82, 2.24) is 20.3 Å². The second-order valence-corrected chi connectivity index (χ2v) is 4.13. The van der Waals surface area contributed by atoms with E-state index in [0.717, 1.165) is 0 Å². The first kappa shape index (κ1) is 16.6. The number of esters is 2. The van der Waals surface area contributed by atoms with Crippen molar-refractivity contribution in [2.75, 3.05) is 21.3 Å². The number of nitrogens with zero attached hydrogens (tertiary/aromatic N) is 3. The third-order valence-electron chi connectivity index (χ3n) is 2.81. The standard InChI is InChI=1S/C12H18N4O5/c1-13-9(17)5-4-6-16-8(7-10(18)20-2)11(14-15-16)12(19)21-3/h4-7H2,1-3H3,(H,13,17). The van der Waals surface area contributed by atoms with Gasteiger partial charge in [-0.3, -0.25) is 9.59 Å². The summed E-state index contributed by atoms with van der Waals surface area (Å²) in [5.41, 5.74) is 0.286. The van der Waals surface area contributed by atoms with Crippen LogP contribution in [0.2, 0.25) is 0 Å². The Hall–Kier alpha value is -2.45. The van der Waals surface area contributed by atoms with E-state index in [1.165, 1.54) is 18.9 Å². The highest BCUT2D eigenvalue weighted by molar-refractivity contribution is 5.89. The van der Waals surface area contributed by atoms with Crippen molar-refractivity contribution in [2.24, 2.45) is 0 Å². The van der Waals surface area contributed by atoms with Crippen LogP contribution >= 0.6 is 0 Å². The summed E-state index contributed by atoms with van der Waals surface area (Å²) >= 11 is 0. The van der Waals surface area contributed by atoms with Gasteiger partial charge in [-0.15, -0.1) is 5.10 Å². The molecule has 0 aromatic carbocycles. The maximum absolute atomic E-state index is 11.6. The maximum atomic E-state index is 11.6.